The maximum atomic E-state index is 9.10. The number of hydrogen-bond donors (Lipinski definition) is 3. The first-order valence-corrected chi connectivity index (χ1v) is 9.36. The number of halogens is 1. The van der Waals surface area contributed by atoms with Crippen molar-refractivity contribution in [3.05, 3.63) is 28.2 Å². The van der Waals surface area contributed by atoms with Gasteiger partial charge in [0.2, 0.25) is 0 Å². The highest BCUT2D eigenvalue weighted by Gasteiger charge is 2.06. The minimum absolute atomic E-state index is 0.797. The van der Waals surface area contributed by atoms with E-state index in [0.29, 0.717) is 0 Å². The minimum atomic E-state index is -1.82. The van der Waals surface area contributed by atoms with Gasteiger partial charge in [-0.15, -0.1) is 0 Å². The zero-order valence-corrected chi connectivity index (χ0v) is 17.0. The quantitative estimate of drug-likeness (QED) is 0.384. The molecule has 0 radical (unpaired) electrons. The van der Waals surface area contributed by atoms with Crippen molar-refractivity contribution in [1.82, 2.24) is 4.90 Å². The fourth-order valence-electron chi connectivity index (χ4n) is 2.28. The molecule has 0 saturated carbocycles. The molecular formula is C18H29BrN2O5. The van der Waals surface area contributed by atoms with Crippen molar-refractivity contribution in [2.75, 3.05) is 33.3 Å². The zero-order chi connectivity index (χ0) is 19.9. The molecule has 0 spiro atoms. The van der Waals surface area contributed by atoms with Gasteiger partial charge in [0, 0.05) is 6.54 Å². The number of carbonyl (C=O) groups is 2. The number of unbranched alkanes of at least 4 members (excludes halogenated alkanes) is 1. The molecule has 0 amide bonds. The van der Waals surface area contributed by atoms with Gasteiger partial charge in [-0.25, -0.2) is 9.59 Å². The Morgan fingerprint density at radius 1 is 1.15 bits per heavy atom. The van der Waals surface area contributed by atoms with Crippen molar-refractivity contribution in [3.63, 3.8) is 0 Å². The lowest BCUT2D eigenvalue weighted by atomic mass is 10.1. The maximum Gasteiger partial charge on any atom is 0.414 e. The first-order chi connectivity index (χ1) is 12.3. The van der Waals surface area contributed by atoms with Crippen molar-refractivity contribution in [2.45, 2.75) is 32.6 Å². The molecule has 0 aromatic heterocycles. The van der Waals surface area contributed by atoms with Gasteiger partial charge < -0.3 is 25.6 Å². The predicted molar refractivity (Wildman–Crippen MR) is 105 cm³/mol. The second kappa shape index (κ2) is 14.5. The second-order valence-corrected chi connectivity index (χ2v) is 6.52. The number of nitrogens with two attached hydrogens (primary N) is 1. The molecule has 8 heteroatoms. The predicted octanol–water partition coefficient (Wildman–Crippen LogP) is 2.61. The average molecular weight is 433 g/mol. The fourth-order valence-corrected chi connectivity index (χ4v) is 2.87. The Hall–Kier alpha value is -1.64. The number of rotatable bonds is 10. The molecule has 7 nitrogen and oxygen atoms in total. The first-order valence-electron chi connectivity index (χ1n) is 8.56. The Balaban J connectivity index is 0.000000896. The van der Waals surface area contributed by atoms with Crippen molar-refractivity contribution < 1.29 is 24.5 Å². The number of carboxylic acid groups (broad SMARTS) is 2. The Morgan fingerprint density at radius 3 is 2.27 bits per heavy atom. The summed E-state index contributed by atoms with van der Waals surface area (Å²) in [5, 5.41) is 14.8. The summed E-state index contributed by atoms with van der Waals surface area (Å²) in [6, 6.07) is 6.33. The van der Waals surface area contributed by atoms with Crippen LogP contribution in [0.15, 0.2) is 22.7 Å². The average Bonchev–Trinajstić information content (AvgIpc) is 2.60. The molecule has 4 N–H and O–H groups in total. The van der Waals surface area contributed by atoms with Crippen LogP contribution in [0, 0.1) is 0 Å². The van der Waals surface area contributed by atoms with Crippen LogP contribution in [0.5, 0.6) is 5.75 Å². The Labute approximate surface area is 163 Å². The van der Waals surface area contributed by atoms with Crippen LogP contribution in [0.2, 0.25) is 0 Å². The van der Waals surface area contributed by atoms with E-state index in [1.165, 1.54) is 24.9 Å². The van der Waals surface area contributed by atoms with E-state index in [1.54, 1.807) is 7.11 Å². The standard InChI is InChI=1S/C16H27BrN2O.C2H2O4/c1-3-10-19(11-5-4-9-18)12-8-14-6-7-16(20-2)15(17)13-14;3-1(4)2(5)6/h6-7,13H,3-5,8-12,18H2,1-2H3;(H,3,4)(H,5,6). The van der Waals surface area contributed by atoms with Crippen LogP contribution in [-0.4, -0.2) is 60.3 Å². The largest absolute Gasteiger partial charge is 0.496 e. The summed E-state index contributed by atoms with van der Waals surface area (Å²) in [5.41, 5.74) is 6.91. The van der Waals surface area contributed by atoms with Crippen molar-refractivity contribution in [1.29, 1.82) is 0 Å². The number of hydrogen-bond acceptors (Lipinski definition) is 5. The number of nitrogens with zero attached hydrogens (tertiary/aromatic N) is 1. The van der Waals surface area contributed by atoms with Crippen LogP contribution in [0.25, 0.3) is 0 Å². The van der Waals surface area contributed by atoms with Gasteiger partial charge in [-0.2, -0.15) is 0 Å². The summed E-state index contributed by atoms with van der Waals surface area (Å²) in [6.45, 7) is 6.47. The second-order valence-electron chi connectivity index (χ2n) is 5.67. The molecule has 0 aliphatic carbocycles. The highest BCUT2D eigenvalue weighted by atomic mass is 79.9. The molecule has 0 aliphatic rings. The van der Waals surface area contributed by atoms with Crippen molar-refractivity contribution in [3.8, 4) is 5.75 Å². The summed E-state index contributed by atoms with van der Waals surface area (Å²) < 4.78 is 6.29. The van der Waals surface area contributed by atoms with Gasteiger partial charge >= 0.3 is 11.9 Å². The van der Waals surface area contributed by atoms with E-state index < -0.39 is 11.9 Å². The van der Waals surface area contributed by atoms with Crippen LogP contribution in [0.3, 0.4) is 0 Å². The third kappa shape index (κ3) is 11.1. The molecule has 26 heavy (non-hydrogen) atoms. The highest BCUT2D eigenvalue weighted by molar-refractivity contribution is 9.10. The van der Waals surface area contributed by atoms with E-state index in [2.05, 4.69) is 39.9 Å². The van der Waals surface area contributed by atoms with E-state index in [4.69, 9.17) is 30.3 Å². The van der Waals surface area contributed by atoms with Gasteiger partial charge in [0.1, 0.15) is 5.75 Å². The third-order valence-corrected chi connectivity index (χ3v) is 4.20. The van der Waals surface area contributed by atoms with E-state index >= 15 is 0 Å². The van der Waals surface area contributed by atoms with Crippen LogP contribution >= 0.6 is 15.9 Å². The van der Waals surface area contributed by atoms with E-state index in [9.17, 15) is 0 Å². The summed E-state index contributed by atoms with van der Waals surface area (Å²) >= 11 is 3.54. The van der Waals surface area contributed by atoms with Crippen LogP contribution in [-0.2, 0) is 16.0 Å². The van der Waals surface area contributed by atoms with Gasteiger partial charge in [0.05, 0.1) is 11.6 Å². The lowest BCUT2D eigenvalue weighted by Gasteiger charge is -2.21. The maximum absolute atomic E-state index is 9.10. The van der Waals surface area contributed by atoms with Gasteiger partial charge in [0.25, 0.3) is 0 Å². The van der Waals surface area contributed by atoms with Gasteiger partial charge in [0.15, 0.2) is 0 Å². The first kappa shape index (κ1) is 24.4. The van der Waals surface area contributed by atoms with Gasteiger partial charge in [-0.3, -0.25) is 0 Å². The van der Waals surface area contributed by atoms with E-state index in [1.807, 2.05) is 6.07 Å². The van der Waals surface area contributed by atoms with Crippen LogP contribution < -0.4 is 10.5 Å². The lowest BCUT2D eigenvalue weighted by molar-refractivity contribution is -0.159. The highest BCUT2D eigenvalue weighted by Crippen LogP contribution is 2.25. The molecule has 1 aromatic rings. The van der Waals surface area contributed by atoms with Crippen LogP contribution in [0.1, 0.15) is 31.7 Å². The molecule has 0 heterocycles. The fraction of sp³-hybridized carbons (Fsp3) is 0.556. The third-order valence-electron chi connectivity index (χ3n) is 3.58. The minimum Gasteiger partial charge on any atom is -0.496 e. The van der Waals surface area contributed by atoms with Gasteiger partial charge in [-0.05, 0) is 78.9 Å². The normalized spacial score (nSPS) is 10.2. The Morgan fingerprint density at radius 2 is 1.81 bits per heavy atom. The molecule has 0 unspecified atom stereocenters. The molecule has 0 aliphatic heterocycles. The van der Waals surface area contributed by atoms with E-state index in [0.717, 1.165) is 42.7 Å². The topological polar surface area (TPSA) is 113 Å². The number of benzene rings is 1. The molecule has 0 atom stereocenters. The molecule has 1 aromatic carbocycles. The number of ether oxygens (including phenoxy) is 1. The monoisotopic (exact) mass is 432 g/mol. The van der Waals surface area contributed by atoms with Gasteiger partial charge in [-0.1, -0.05) is 13.0 Å². The van der Waals surface area contributed by atoms with Crippen LogP contribution in [0.4, 0.5) is 0 Å². The summed E-state index contributed by atoms with van der Waals surface area (Å²) in [4.78, 5) is 20.7. The molecular weight excluding hydrogens is 404 g/mol. The Bertz CT molecular complexity index is 542. The lowest BCUT2D eigenvalue weighted by Crippen LogP contribution is -2.28. The smallest absolute Gasteiger partial charge is 0.414 e. The Kier molecular flexibility index (Phi) is 13.6. The number of aliphatic carboxylic acids is 2. The number of carboxylic acids is 2. The summed E-state index contributed by atoms with van der Waals surface area (Å²) in [7, 11) is 1.69. The summed E-state index contributed by atoms with van der Waals surface area (Å²) in [6.07, 6.45) is 4.59. The molecule has 0 bridgehead atoms. The molecule has 1 rings (SSSR count). The SMILES string of the molecule is CCCN(CCCCN)CCc1ccc(OC)c(Br)c1.O=C(O)C(=O)O. The molecule has 0 saturated heterocycles. The van der Waals surface area contributed by atoms with Crippen molar-refractivity contribution >= 4 is 27.9 Å². The molecule has 148 valence electrons. The van der Waals surface area contributed by atoms with Crippen molar-refractivity contribution in [2.24, 2.45) is 5.73 Å². The summed E-state index contributed by atoms with van der Waals surface area (Å²) in [5.74, 6) is -2.76. The zero-order valence-electron chi connectivity index (χ0n) is 15.4. The molecule has 0 fully saturated rings. The number of methoxy groups -OCH3 is 1. The van der Waals surface area contributed by atoms with E-state index in [-0.39, 0.29) is 0 Å².